The lowest BCUT2D eigenvalue weighted by Crippen LogP contribution is -2.53. The maximum Gasteiger partial charge on any atom is 0.318 e. The highest BCUT2D eigenvalue weighted by molar-refractivity contribution is 6.06. The summed E-state index contributed by atoms with van der Waals surface area (Å²) in [4.78, 5) is 40.7. The van der Waals surface area contributed by atoms with Crippen LogP contribution in [0.1, 0.15) is 33.6 Å². The summed E-state index contributed by atoms with van der Waals surface area (Å²) in [6, 6.07) is -0.237. The number of carbonyl (C=O) groups is 3. The number of hydrogen-bond donors (Lipinski definition) is 1. The molecule has 3 aliphatic carbocycles. The Morgan fingerprint density at radius 1 is 1.17 bits per heavy atom. The van der Waals surface area contributed by atoms with Gasteiger partial charge in [-0.05, 0) is 45.4 Å². The molecule has 6 heteroatoms. The molecule has 0 aromatic heterocycles. The van der Waals surface area contributed by atoms with E-state index in [1.807, 2.05) is 13.8 Å². The van der Waals surface area contributed by atoms with Crippen LogP contribution in [-0.2, 0) is 9.59 Å². The molecule has 23 heavy (non-hydrogen) atoms. The van der Waals surface area contributed by atoms with E-state index in [0.29, 0.717) is 13.1 Å². The lowest BCUT2D eigenvalue weighted by atomic mass is 9.63. The molecule has 0 aromatic rings. The number of rotatable bonds is 4. The van der Waals surface area contributed by atoms with Gasteiger partial charge in [-0.15, -0.1) is 0 Å². The monoisotopic (exact) mass is 319 g/mol. The molecule has 5 atom stereocenters. The van der Waals surface area contributed by atoms with E-state index in [9.17, 15) is 14.4 Å². The number of allylic oxidation sites excluding steroid dienone is 2. The van der Waals surface area contributed by atoms with Gasteiger partial charge in [-0.2, -0.15) is 0 Å². The normalized spacial score (nSPS) is 32.9. The smallest absolute Gasteiger partial charge is 0.318 e. The Morgan fingerprint density at radius 2 is 1.65 bits per heavy atom. The summed E-state index contributed by atoms with van der Waals surface area (Å²) in [5, 5.41) is 2.80. The topological polar surface area (TPSA) is 69.7 Å². The van der Waals surface area contributed by atoms with Crippen molar-refractivity contribution >= 4 is 17.8 Å². The molecule has 0 unspecified atom stereocenters. The van der Waals surface area contributed by atoms with E-state index in [1.165, 1.54) is 4.90 Å². The first-order valence-electron chi connectivity index (χ1n) is 8.60. The highest BCUT2D eigenvalue weighted by atomic mass is 16.2. The Hall–Kier alpha value is -1.85. The van der Waals surface area contributed by atoms with E-state index in [4.69, 9.17) is 0 Å². The molecular formula is C17H25N3O3. The van der Waals surface area contributed by atoms with E-state index in [1.54, 1.807) is 11.8 Å². The zero-order valence-corrected chi connectivity index (χ0v) is 14.0. The molecule has 4 amide bonds. The molecule has 0 spiro atoms. The van der Waals surface area contributed by atoms with Gasteiger partial charge in [0.05, 0.1) is 11.8 Å². The van der Waals surface area contributed by atoms with Crippen LogP contribution in [-0.4, -0.2) is 46.9 Å². The standard InChI is InChI=1S/C17H25N3O3/c1-4-19(5-2)17(23)18-10(3)20-15(21)13-11-6-7-12(9-8-11)14(13)16(20)22/h6-7,10-14H,4-5,8-9H2,1-3H3,(H,18,23)/t10-,11-,12-,13+,14+/m0/s1. The lowest BCUT2D eigenvalue weighted by Gasteiger charge is -2.38. The fourth-order valence-corrected chi connectivity index (χ4v) is 4.32. The third kappa shape index (κ3) is 2.44. The number of hydrogen-bond acceptors (Lipinski definition) is 3. The van der Waals surface area contributed by atoms with Gasteiger partial charge in [-0.25, -0.2) is 4.79 Å². The highest BCUT2D eigenvalue weighted by Crippen LogP contribution is 2.49. The minimum absolute atomic E-state index is 0.119. The first-order valence-corrected chi connectivity index (χ1v) is 8.60. The maximum atomic E-state index is 12.8. The fraction of sp³-hybridized carbons (Fsp3) is 0.706. The molecule has 1 saturated carbocycles. The van der Waals surface area contributed by atoms with E-state index >= 15 is 0 Å². The van der Waals surface area contributed by atoms with Gasteiger partial charge in [0, 0.05) is 13.1 Å². The van der Waals surface area contributed by atoms with Crippen LogP contribution in [0.15, 0.2) is 12.2 Å². The number of amides is 4. The third-order valence-electron chi connectivity index (χ3n) is 5.56. The predicted molar refractivity (Wildman–Crippen MR) is 85.1 cm³/mol. The van der Waals surface area contributed by atoms with Crippen LogP contribution in [0.2, 0.25) is 0 Å². The largest absolute Gasteiger partial charge is 0.325 e. The van der Waals surface area contributed by atoms with Crippen molar-refractivity contribution < 1.29 is 14.4 Å². The Balaban J connectivity index is 1.75. The van der Waals surface area contributed by atoms with Gasteiger partial charge in [0.15, 0.2) is 0 Å². The van der Waals surface area contributed by atoms with Gasteiger partial charge in [0.1, 0.15) is 6.17 Å². The van der Waals surface area contributed by atoms with Gasteiger partial charge in [0.25, 0.3) is 0 Å². The molecule has 6 nitrogen and oxygen atoms in total. The second kappa shape index (κ2) is 5.98. The van der Waals surface area contributed by atoms with Crippen molar-refractivity contribution in [2.75, 3.05) is 13.1 Å². The van der Waals surface area contributed by atoms with E-state index in [2.05, 4.69) is 17.5 Å². The molecule has 126 valence electrons. The SMILES string of the molecule is CCN(CC)C(=O)N[C@H](C)N1C(=O)[C@H]2[C@H](C1=O)[C@H]1C=C[C@H]2CC1. The van der Waals surface area contributed by atoms with E-state index in [0.717, 1.165) is 12.8 Å². The van der Waals surface area contributed by atoms with Crippen molar-refractivity contribution in [3.8, 4) is 0 Å². The van der Waals surface area contributed by atoms with Crippen LogP contribution in [0.25, 0.3) is 0 Å². The summed E-state index contributed by atoms with van der Waals surface area (Å²) in [7, 11) is 0. The average Bonchev–Trinajstić information content (AvgIpc) is 2.83. The second-order valence-electron chi connectivity index (χ2n) is 6.69. The molecular weight excluding hydrogens is 294 g/mol. The Labute approximate surface area is 136 Å². The molecule has 4 aliphatic rings. The van der Waals surface area contributed by atoms with Gasteiger partial charge in [0.2, 0.25) is 11.8 Å². The van der Waals surface area contributed by atoms with Gasteiger partial charge in [-0.3, -0.25) is 14.5 Å². The van der Waals surface area contributed by atoms with Crippen LogP contribution in [0.3, 0.4) is 0 Å². The van der Waals surface area contributed by atoms with Crippen molar-refractivity contribution in [1.29, 1.82) is 0 Å². The minimum atomic E-state index is -0.604. The first kappa shape index (κ1) is 16.0. The van der Waals surface area contributed by atoms with E-state index in [-0.39, 0.29) is 41.5 Å². The zero-order chi connectivity index (χ0) is 16.7. The molecule has 1 aliphatic heterocycles. The predicted octanol–water partition coefficient (Wildman–Crippen LogP) is 1.58. The van der Waals surface area contributed by atoms with Crippen molar-refractivity contribution in [3.05, 3.63) is 12.2 Å². The molecule has 1 saturated heterocycles. The molecule has 0 radical (unpaired) electrons. The minimum Gasteiger partial charge on any atom is -0.325 e. The van der Waals surface area contributed by atoms with Crippen molar-refractivity contribution in [2.24, 2.45) is 23.7 Å². The fourth-order valence-electron chi connectivity index (χ4n) is 4.32. The molecule has 2 fully saturated rings. The van der Waals surface area contributed by atoms with Crippen LogP contribution in [0.4, 0.5) is 4.79 Å². The number of nitrogens with zero attached hydrogens (tertiary/aromatic N) is 2. The van der Waals surface area contributed by atoms with Crippen molar-refractivity contribution in [2.45, 2.75) is 39.8 Å². The molecule has 2 bridgehead atoms. The van der Waals surface area contributed by atoms with Crippen LogP contribution < -0.4 is 5.32 Å². The van der Waals surface area contributed by atoms with Crippen LogP contribution in [0, 0.1) is 23.7 Å². The summed E-state index contributed by atoms with van der Waals surface area (Å²) < 4.78 is 0. The number of nitrogens with one attached hydrogen (secondary N) is 1. The second-order valence-corrected chi connectivity index (χ2v) is 6.69. The van der Waals surface area contributed by atoms with Gasteiger partial charge in [-0.1, -0.05) is 12.2 Å². The third-order valence-corrected chi connectivity index (χ3v) is 5.56. The zero-order valence-electron chi connectivity index (χ0n) is 14.0. The number of imide groups is 1. The number of carbonyl (C=O) groups excluding carboxylic acids is 3. The number of urea groups is 1. The quantitative estimate of drug-likeness (QED) is 0.632. The first-order chi connectivity index (χ1) is 11.0. The van der Waals surface area contributed by atoms with Crippen LogP contribution in [0.5, 0.6) is 0 Å². The molecule has 1 N–H and O–H groups in total. The number of fused-ring (bicyclic) bond motifs is 1. The van der Waals surface area contributed by atoms with Crippen molar-refractivity contribution in [3.63, 3.8) is 0 Å². The van der Waals surface area contributed by atoms with Crippen molar-refractivity contribution in [1.82, 2.24) is 15.1 Å². The van der Waals surface area contributed by atoms with E-state index < -0.39 is 6.17 Å². The molecule has 1 heterocycles. The van der Waals surface area contributed by atoms with Gasteiger partial charge < -0.3 is 10.2 Å². The maximum absolute atomic E-state index is 12.8. The number of likely N-dealkylation sites (tertiary alicyclic amines) is 1. The Bertz CT molecular complexity index is 523. The molecule has 0 aromatic carbocycles. The summed E-state index contributed by atoms with van der Waals surface area (Å²) in [5.41, 5.74) is 0. The summed E-state index contributed by atoms with van der Waals surface area (Å²) in [6.45, 7) is 6.70. The summed E-state index contributed by atoms with van der Waals surface area (Å²) >= 11 is 0. The lowest BCUT2D eigenvalue weighted by molar-refractivity contribution is -0.142. The highest BCUT2D eigenvalue weighted by Gasteiger charge is 2.57. The molecule has 4 rings (SSSR count). The Morgan fingerprint density at radius 3 is 2.04 bits per heavy atom. The Kier molecular flexibility index (Phi) is 4.17. The average molecular weight is 319 g/mol. The van der Waals surface area contributed by atoms with Gasteiger partial charge >= 0.3 is 6.03 Å². The summed E-state index contributed by atoms with van der Waals surface area (Å²) in [5.74, 6) is -0.329. The summed E-state index contributed by atoms with van der Waals surface area (Å²) in [6.07, 6.45) is 5.56. The van der Waals surface area contributed by atoms with Crippen LogP contribution >= 0.6 is 0 Å².